The van der Waals surface area contributed by atoms with Crippen LogP contribution in [-0.4, -0.2) is 39.7 Å². The maximum Gasteiger partial charge on any atom is 0.404 e. The Morgan fingerprint density at radius 1 is 1.17 bits per heavy atom. The fourth-order valence-electron chi connectivity index (χ4n) is 3.65. The van der Waals surface area contributed by atoms with Crippen molar-refractivity contribution in [2.75, 3.05) is 13.7 Å². The van der Waals surface area contributed by atoms with E-state index in [9.17, 15) is 9.59 Å². The number of fused-ring (bicyclic) bond motifs is 1. The fourth-order valence-corrected chi connectivity index (χ4v) is 3.65. The Kier molecular flexibility index (Phi) is 7.06. The number of benzene rings is 2. The SMILES string of the molecule is C=Cc1cc2c(OCCn3nc(-c4cccc(CNC(=O)O)c4)ccc3=O)ccnc2cc1OC. The van der Waals surface area contributed by atoms with Crippen LogP contribution >= 0.6 is 0 Å². The highest BCUT2D eigenvalue weighted by atomic mass is 16.5. The maximum absolute atomic E-state index is 12.4. The molecule has 0 aliphatic rings. The molecule has 9 nitrogen and oxygen atoms in total. The third-order valence-electron chi connectivity index (χ3n) is 5.37. The molecule has 1 amide bonds. The summed E-state index contributed by atoms with van der Waals surface area (Å²) in [6, 6.07) is 15.9. The zero-order chi connectivity index (χ0) is 24.8. The average molecular weight is 473 g/mol. The van der Waals surface area contributed by atoms with Crippen molar-refractivity contribution in [1.29, 1.82) is 0 Å². The molecule has 2 heterocycles. The van der Waals surface area contributed by atoms with Gasteiger partial charge >= 0.3 is 6.09 Å². The smallest absolute Gasteiger partial charge is 0.404 e. The number of nitrogens with one attached hydrogen (secondary N) is 1. The number of hydrogen-bond donors (Lipinski definition) is 2. The quantitative estimate of drug-likeness (QED) is 0.379. The first-order valence-electron chi connectivity index (χ1n) is 10.8. The average Bonchev–Trinajstić information content (AvgIpc) is 2.88. The summed E-state index contributed by atoms with van der Waals surface area (Å²) in [4.78, 5) is 27.5. The van der Waals surface area contributed by atoms with Crippen LogP contribution in [0.2, 0.25) is 0 Å². The molecule has 0 atom stereocenters. The monoisotopic (exact) mass is 472 g/mol. The normalized spacial score (nSPS) is 10.7. The van der Waals surface area contributed by atoms with Crippen molar-refractivity contribution in [3.05, 3.63) is 88.9 Å². The number of aromatic nitrogens is 3. The second-order valence-corrected chi connectivity index (χ2v) is 7.61. The van der Waals surface area contributed by atoms with Gasteiger partial charge in [-0.05, 0) is 29.8 Å². The minimum atomic E-state index is -1.09. The Bertz CT molecular complexity index is 1450. The second-order valence-electron chi connectivity index (χ2n) is 7.61. The van der Waals surface area contributed by atoms with Crippen molar-refractivity contribution in [3.63, 3.8) is 0 Å². The number of hydrogen-bond acceptors (Lipinski definition) is 6. The van der Waals surface area contributed by atoms with Crippen LogP contribution in [0.25, 0.3) is 28.2 Å². The second kappa shape index (κ2) is 10.5. The number of carbonyl (C=O) groups is 1. The lowest BCUT2D eigenvalue weighted by Crippen LogP contribution is -2.25. The van der Waals surface area contributed by atoms with Gasteiger partial charge in [0.05, 0.1) is 24.9 Å². The first kappa shape index (κ1) is 23.5. The van der Waals surface area contributed by atoms with E-state index in [1.54, 1.807) is 31.5 Å². The molecule has 0 radical (unpaired) electrons. The number of methoxy groups -OCH3 is 1. The molecule has 2 aromatic heterocycles. The topological polar surface area (TPSA) is 116 Å². The molecule has 0 spiro atoms. The summed E-state index contributed by atoms with van der Waals surface area (Å²) in [5, 5.41) is 16.4. The van der Waals surface area contributed by atoms with Crippen LogP contribution in [-0.2, 0) is 13.1 Å². The highest BCUT2D eigenvalue weighted by molar-refractivity contribution is 5.89. The number of nitrogens with zero attached hydrogens (tertiary/aromatic N) is 3. The molecule has 2 N–H and O–H groups in total. The highest BCUT2D eigenvalue weighted by Gasteiger charge is 2.10. The van der Waals surface area contributed by atoms with Crippen molar-refractivity contribution in [2.45, 2.75) is 13.1 Å². The van der Waals surface area contributed by atoms with Gasteiger partial charge in [-0.3, -0.25) is 9.78 Å². The molecular weight excluding hydrogens is 448 g/mol. The molecule has 9 heteroatoms. The van der Waals surface area contributed by atoms with E-state index >= 15 is 0 Å². The molecule has 0 saturated heterocycles. The summed E-state index contributed by atoms with van der Waals surface area (Å²) in [6.45, 7) is 4.46. The molecule has 0 fully saturated rings. The molecule has 35 heavy (non-hydrogen) atoms. The van der Waals surface area contributed by atoms with Gasteiger partial charge in [-0.1, -0.05) is 30.9 Å². The van der Waals surface area contributed by atoms with Crippen molar-refractivity contribution in [1.82, 2.24) is 20.1 Å². The minimum Gasteiger partial charge on any atom is -0.496 e. The number of rotatable bonds is 9. The first-order chi connectivity index (χ1) is 17.0. The molecule has 4 rings (SSSR count). The first-order valence-corrected chi connectivity index (χ1v) is 10.8. The Hall–Kier alpha value is -4.66. The third kappa shape index (κ3) is 5.47. The molecule has 4 aromatic rings. The van der Waals surface area contributed by atoms with Crippen LogP contribution in [0.3, 0.4) is 0 Å². The van der Waals surface area contributed by atoms with E-state index < -0.39 is 6.09 Å². The van der Waals surface area contributed by atoms with Crippen LogP contribution in [0.15, 0.2) is 72.2 Å². The van der Waals surface area contributed by atoms with Crippen LogP contribution in [0, 0.1) is 0 Å². The maximum atomic E-state index is 12.4. The molecule has 178 valence electrons. The zero-order valence-electron chi connectivity index (χ0n) is 19.1. The van der Waals surface area contributed by atoms with Gasteiger partial charge in [-0.2, -0.15) is 5.10 Å². The van der Waals surface area contributed by atoms with E-state index in [0.29, 0.717) is 17.2 Å². The van der Waals surface area contributed by atoms with E-state index in [1.165, 1.54) is 10.7 Å². The summed E-state index contributed by atoms with van der Waals surface area (Å²) >= 11 is 0. The number of carboxylic acid groups (broad SMARTS) is 1. The molecule has 0 aliphatic heterocycles. The summed E-state index contributed by atoms with van der Waals surface area (Å²) in [5.74, 6) is 1.30. The molecule has 0 unspecified atom stereocenters. The Morgan fingerprint density at radius 3 is 2.80 bits per heavy atom. The molecule has 0 bridgehead atoms. The standard InChI is InChI=1S/C26H24N4O5/c1-3-18-14-20-22(15-24(18)34-2)27-10-9-23(20)35-12-11-30-25(31)8-7-21(29-30)19-6-4-5-17(13-19)16-28-26(32)33/h3-10,13-15,28H,1,11-12,16H2,2H3,(H,32,33). The fraction of sp³-hybridized carbons (Fsp3) is 0.154. The lowest BCUT2D eigenvalue weighted by atomic mass is 10.1. The third-order valence-corrected chi connectivity index (χ3v) is 5.37. The van der Waals surface area contributed by atoms with Crippen molar-refractivity contribution < 1.29 is 19.4 Å². The van der Waals surface area contributed by atoms with Crippen molar-refractivity contribution in [2.24, 2.45) is 0 Å². The molecule has 0 saturated carbocycles. The van der Waals surface area contributed by atoms with Crippen molar-refractivity contribution >= 4 is 23.1 Å². The predicted molar refractivity (Wildman–Crippen MR) is 133 cm³/mol. The minimum absolute atomic E-state index is 0.177. The molecule has 2 aromatic carbocycles. The number of pyridine rings is 1. The molecular formula is C26H24N4O5. The van der Waals surface area contributed by atoms with E-state index in [0.717, 1.165) is 27.6 Å². The van der Waals surface area contributed by atoms with E-state index in [1.807, 2.05) is 36.4 Å². The summed E-state index contributed by atoms with van der Waals surface area (Å²) in [7, 11) is 1.59. The number of amides is 1. The van der Waals surface area contributed by atoms with Gasteiger partial charge in [0.2, 0.25) is 0 Å². The zero-order valence-corrected chi connectivity index (χ0v) is 19.1. The van der Waals surface area contributed by atoms with Crippen LogP contribution in [0.4, 0.5) is 4.79 Å². The summed E-state index contributed by atoms with van der Waals surface area (Å²) < 4.78 is 12.7. The van der Waals surface area contributed by atoms with Crippen LogP contribution in [0.1, 0.15) is 11.1 Å². The molecule has 0 aliphatic carbocycles. The summed E-state index contributed by atoms with van der Waals surface area (Å²) in [5.41, 5.74) is 3.45. The summed E-state index contributed by atoms with van der Waals surface area (Å²) in [6.07, 6.45) is 2.27. The van der Waals surface area contributed by atoms with E-state index in [-0.39, 0.29) is 25.3 Å². The van der Waals surface area contributed by atoms with E-state index in [2.05, 4.69) is 22.0 Å². The highest BCUT2D eigenvalue weighted by Crippen LogP contribution is 2.31. The van der Waals surface area contributed by atoms with Gasteiger partial charge in [0.25, 0.3) is 5.56 Å². The Labute approximate surface area is 201 Å². The van der Waals surface area contributed by atoms with Gasteiger partial charge in [-0.15, -0.1) is 0 Å². The van der Waals surface area contributed by atoms with Crippen molar-refractivity contribution in [3.8, 4) is 22.8 Å². The Morgan fingerprint density at radius 2 is 2.03 bits per heavy atom. The van der Waals surface area contributed by atoms with Gasteiger partial charge in [-0.25, -0.2) is 9.48 Å². The van der Waals surface area contributed by atoms with Gasteiger partial charge in [0, 0.05) is 41.4 Å². The largest absolute Gasteiger partial charge is 0.496 e. The predicted octanol–water partition coefficient (Wildman–Crippen LogP) is 3.96. The lowest BCUT2D eigenvalue weighted by molar-refractivity contribution is 0.194. The van der Waals surface area contributed by atoms with Gasteiger partial charge in [0.1, 0.15) is 18.1 Å². The van der Waals surface area contributed by atoms with E-state index in [4.69, 9.17) is 14.6 Å². The Balaban J connectivity index is 1.52. The van der Waals surface area contributed by atoms with Gasteiger partial charge in [0.15, 0.2) is 0 Å². The van der Waals surface area contributed by atoms with Crippen LogP contribution < -0.4 is 20.3 Å². The van der Waals surface area contributed by atoms with Crippen LogP contribution in [0.5, 0.6) is 11.5 Å². The van der Waals surface area contributed by atoms with Gasteiger partial charge < -0.3 is 19.9 Å². The lowest BCUT2D eigenvalue weighted by Gasteiger charge is -2.12. The number of ether oxygens (including phenoxy) is 2.